The van der Waals surface area contributed by atoms with Crippen LogP contribution in [0.25, 0.3) is 16.7 Å². The summed E-state index contributed by atoms with van der Waals surface area (Å²) in [5.74, 6) is 0.648. The van der Waals surface area contributed by atoms with E-state index in [4.69, 9.17) is 4.98 Å². The molecule has 0 saturated carbocycles. The normalized spacial score (nSPS) is 17.6. The molecular weight excluding hydrogens is 342 g/mol. The fourth-order valence-corrected chi connectivity index (χ4v) is 4.52. The maximum Gasteiger partial charge on any atom is 0.233 e. The molecule has 0 spiro atoms. The van der Waals surface area contributed by atoms with Gasteiger partial charge in [0.2, 0.25) is 5.91 Å². The number of para-hydroxylation sites is 3. The molecule has 1 aliphatic rings. The SMILES string of the molecule is C[C@@H]1CCCCN1C(=O)CSc1nc2ccccc2n1-c1ccccc1. The van der Waals surface area contributed by atoms with Gasteiger partial charge in [-0.05, 0) is 50.5 Å². The number of nitrogens with zero attached hydrogens (tertiary/aromatic N) is 3. The molecule has 3 aromatic rings. The highest BCUT2D eigenvalue weighted by Crippen LogP contribution is 2.28. The number of rotatable bonds is 4. The number of likely N-dealkylation sites (tertiary alicyclic amines) is 1. The molecule has 1 fully saturated rings. The van der Waals surface area contributed by atoms with Crippen LogP contribution in [0.3, 0.4) is 0 Å². The number of carbonyl (C=O) groups excluding carboxylic acids is 1. The molecule has 0 aliphatic carbocycles. The van der Waals surface area contributed by atoms with Crippen LogP contribution in [0, 0.1) is 0 Å². The second-order valence-corrected chi connectivity index (χ2v) is 7.72. The van der Waals surface area contributed by atoms with Crippen LogP contribution in [0.1, 0.15) is 26.2 Å². The Balaban J connectivity index is 1.61. The minimum atomic E-state index is 0.217. The number of hydrogen-bond acceptors (Lipinski definition) is 3. The predicted molar refractivity (Wildman–Crippen MR) is 107 cm³/mol. The quantitative estimate of drug-likeness (QED) is 0.638. The van der Waals surface area contributed by atoms with Crippen LogP contribution in [-0.4, -0.2) is 38.7 Å². The molecular formula is C21H23N3OS. The van der Waals surface area contributed by atoms with Crippen LogP contribution in [-0.2, 0) is 4.79 Å². The van der Waals surface area contributed by atoms with Crippen molar-refractivity contribution in [3.63, 3.8) is 0 Å². The van der Waals surface area contributed by atoms with Crippen molar-refractivity contribution in [1.29, 1.82) is 0 Å². The van der Waals surface area contributed by atoms with E-state index in [9.17, 15) is 4.79 Å². The Morgan fingerprint density at radius 3 is 2.69 bits per heavy atom. The summed E-state index contributed by atoms with van der Waals surface area (Å²) in [5.41, 5.74) is 3.10. The van der Waals surface area contributed by atoms with Gasteiger partial charge in [0.1, 0.15) is 0 Å². The summed E-state index contributed by atoms with van der Waals surface area (Å²) in [5, 5.41) is 0.871. The first kappa shape index (κ1) is 17.2. The van der Waals surface area contributed by atoms with E-state index in [-0.39, 0.29) is 5.91 Å². The van der Waals surface area contributed by atoms with Crippen LogP contribution in [0.5, 0.6) is 0 Å². The van der Waals surface area contributed by atoms with Gasteiger partial charge in [-0.25, -0.2) is 4.98 Å². The minimum absolute atomic E-state index is 0.217. The number of piperidine rings is 1. The second kappa shape index (κ2) is 7.54. The molecule has 5 heteroatoms. The molecule has 4 nitrogen and oxygen atoms in total. The molecule has 1 aromatic heterocycles. The fourth-order valence-electron chi connectivity index (χ4n) is 3.61. The summed E-state index contributed by atoms with van der Waals surface area (Å²) in [4.78, 5) is 19.5. The Labute approximate surface area is 158 Å². The van der Waals surface area contributed by atoms with Crippen LogP contribution < -0.4 is 0 Å². The van der Waals surface area contributed by atoms with Gasteiger partial charge in [-0.3, -0.25) is 9.36 Å². The molecule has 0 N–H and O–H groups in total. The molecule has 1 saturated heterocycles. The smallest absolute Gasteiger partial charge is 0.233 e. The summed E-state index contributed by atoms with van der Waals surface area (Å²) in [6.45, 7) is 3.04. The standard InChI is InChI=1S/C21H23N3OS/c1-16-9-7-8-14-23(16)20(25)15-26-21-22-18-12-5-6-13-19(18)24(21)17-10-3-2-4-11-17/h2-6,10-13,16H,7-9,14-15H2,1H3/t16-/m1/s1. The molecule has 0 radical (unpaired) electrons. The van der Waals surface area contributed by atoms with Crippen molar-refractivity contribution in [2.45, 2.75) is 37.4 Å². The Morgan fingerprint density at radius 2 is 1.88 bits per heavy atom. The lowest BCUT2D eigenvalue weighted by atomic mass is 10.0. The first-order chi connectivity index (χ1) is 12.7. The van der Waals surface area contributed by atoms with E-state index in [0.717, 1.165) is 41.3 Å². The average Bonchev–Trinajstić information content (AvgIpc) is 3.05. The molecule has 26 heavy (non-hydrogen) atoms. The summed E-state index contributed by atoms with van der Waals surface area (Å²) in [6, 6.07) is 18.7. The molecule has 4 rings (SSSR count). The average molecular weight is 366 g/mol. The highest BCUT2D eigenvalue weighted by Gasteiger charge is 2.24. The lowest BCUT2D eigenvalue weighted by Crippen LogP contribution is -2.42. The molecule has 1 amide bonds. The van der Waals surface area contributed by atoms with Crippen molar-refractivity contribution in [3.05, 3.63) is 54.6 Å². The van der Waals surface area contributed by atoms with Crippen molar-refractivity contribution >= 4 is 28.7 Å². The minimum Gasteiger partial charge on any atom is -0.339 e. The number of carbonyl (C=O) groups is 1. The lowest BCUT2D eigenvalue weighted by molar-refractivity contribution is -0.131. The summed E-state index contributed by atoms with van der Waals surface area (Å²) in [7, 11) is 0. The number of fused-ring (bicyclic) bond motifs is 1. The number of hydrogen-bond donors (Lipinski definition) is 0. The molecule has 134 valence electrons. The maximum atomic E-state index is 12.7. The number of amides is 1. The summed E-state index contributed by atoms with van der Waals surface area (Å²) >= 11 is 1.53. The third kappa shape index (κ3) is 3.36. The number of benzene rings is 2. The second-order valence-electron chi connectivity index (χ2n) is 6.77. The number of imidazole rings is 1. The van der Waals surface area contributed by atoms with Crippen LogP contribution in [0.15, 0.2) is 59.8 Å². The summed E-state index contributed by atoms with van der Waals surface area (Å²) < 4.78 is 2.15. The van der Waals surface area contributed by atoms with E-state index in [0.29, 0.717) is 11.8 Å². The Kier molecular flexibility index (Phi) is 4.98. The van der Waals surface area contributed by atoms with Gasteiger partial charge in [-0.15, -0.1) is 0 Å². The molecule has 1 atom stereocenters. The van der Waals surface area contributed by atoms with Gasteiger partial charge in [-0.2, -0.15) is 0 Å². The first-order valence-corrected chi connectivity index (χ1v) is 10.2. The molecule has 2 heterocycles. The summed E-state index contributed by atoms with van der Waals surface area (Å²) in [6.07, 6.45) is 3.45. The predicted octanol–water partition coefficient (Wildman–Crippen LogP) is 4.52. The highest BCUT2D eigenvalue weighted by molar-refractivity contribution is 7.99. The number of aromatic nitrogens is 2. The molecule has 2 aromatic carbocycles. The first-order valence-electron chi connectivity index (χ1n) is 9.19. The van der Waals surface area contributed by atoms with Gasteiger partial charge in [-0.1, -0.05) is 42.1 Å². The van der Waals surface area contributed by atoms with E-state index < -0.39 is 0 Å². The monoisotopic (exact) mass is 365 g/mol. The van der Waals surface area contributed by atoms with E-state index >= 15 is 0 Å². The topological polar surface area (TPSA) is 38.1 Å². The van der Waals surface area contributed by atoms with Gasteiger partial charge in [0.05, 0.1) is 16.8 Å². The van der Waals surface area contributed by atoms with Gasteiger partial charge in [0.15, 0.2) is 5.16 Å². The lowest BCUT2D eigenvalue weighted by Gasteiger charge is -2.33. The third-order valence-electron chi connectivity index (χ3n) is 4.99. The van der Waals surface area contributed by atoms with Gasteiger partial charge < -0.3 is 4.90 Å². The van der Waals surface area contributed by atoms with E-state index in [2.05, 4.69) is 29.7 Å². The van der Waals surface area contributed by atoms with Crippen LogP contribution >= 0.6 is 11.8 Å². The van der Waals surface area contributed by atoms with Crippen molar-refractivity contribution in [2.75, 3.05) is 12.3 Å². The van der Waals surface area contributed by atoms with Crippen molar-refractivity contribution in [3.8, 4) is 5.69 Å². The molecule has 1 aliphatic heterocycles. The molecule has 0 bridgehead atoms. The zero-order valence-corrected chi connectivity index (χ0v) is 15.8. The zero-order chi connectivity index (χ0) is 17.9. The van der Waals surface area contributed by atoms with E-state index in [1.165, 1.54) is 18.2 Å². The Hall–Kier alpha value is -2.27. The highest BCUT2D eigenvalue weighted by atomic mass is 32.2. The fraction of sp³-hybridized carbons (Fsp3) is 0.333. The molecule has 0 unspecified atom stereocenters. The zero-order valence-electron chi connectivity index (χ0n) is 15.0. The van der Waals surface area contributed by atoms with Crippen LogP contribution in [0.2, 0.25) is 0 Å². The number of thioether (sulfide) groups is 1. The van der Waals surface area contributed by atoms with Crippen molar-refractivity contribution < 1.29 is 4.79 Å². The Morgan fingerprint density at radius 1 is 1.12 bits per heavy atom. The van der Waals surface area contributed by atoms with Gasteiger partial charge >= 0.3 is 0 Å². The van der Waals surface area contributed by atoms with Gasteiger partial charge in [0, 0.05) is 18.3 Å². The van der Waals surface area contributed by atoms with Crippen LogP contribution in [0.4, 0.5) is 0 Å². The van der Waals surface area contributed by atoms with E-state index in [1.54, 1.807) is 0 Å². The third-order valence-corrected chi connectivity index (χ3v) is 5.92. The maximum absolute atomic E-state index is 12.7. The van der Waals surface area contributed by atoms with Crippen molar-refractivity contribution in [1.82, 2.24) is 14.5 Å². The largest absolute Gasteiger partial charge is 0.339 e. The van der Waals surface area contributed by atoms with E-state index in [1.807, 2.05) is 41.3 Å². The van der Waals surface area contributed by atoms with Gasteiger partial charge in [0.25, 0.3) is 0 Å². The Bertz CT molecular complexity index is 906. The van der Waals surface area contributed by atoms with Crippen molar-refractivity contribution in [2.24, 2.45) is 0 Å².